The summed E-state index contributed by atoms with van der Waals surface area (Å²) in [5.41, 5.74) is 0.326. The fourth-order valence-electron chi connectivity index (χ4n) is 4.27. The van der Waals surface area contributed by atoms with Crippen LogP contribution in [-0.2, 0) is 4.74 Å². The Morgan fingerprint density at radius 1 is 1.21 bits per heavy atom. The van der Waals surface area contributed by atoms with Crippen LogP contribution in [0.3, 0.4) is 0 Å². The first kappa shape index (κ1) is 15.3. The molecule has 0 aromatic rings. The number of hydrogen-bond acceptors (Lipinski definition) is 3. The smallest absolute Gasteiger partial charge is 0.0509 e. The number of nitrogens with one attached hydrogen (secondary N) is 1. The van der Waals surface area contributed by atoms with Crippen molar-refractivity contribution < 1.29 is 4.74 Å². The highest BCUT2D eigenvalue weighted by molar-refractivity contribution is 5.03. The largest absolute Gasteiger partial charge is 0.381 e. The summed E-state index contributed by atoms with van der Waals surface area (Å²) >= 11 is 0. The van der Waals surface area contributed by atoms with E-state index in [1.165, 1.54) is 38.5 Å². The lowest BCUT2D eigenvalue weighted by molar-refractivity contribution is -0.0240. The van der Waals surface area contributed by atoms with E-state index in [4.69, 9.17) is 4.74 Å². The standard InChI is InChI=1S/C16H32N2O/c1-13-7-9-16(10-8-13,18(3)4)15(17-2)14-6-5-11-19-12-14/h13-15,17H,5-12H2,1-4H3. The SMILES string of the molecule is CNC(C1CCCOC1)C1(N(C)C)CCC(C)CC1. The van der Waals surface area contributed by atoms with Gasteiger partial charge in [0.1, 0.15) is 0 Å². The maximum atomic E-state index is 5.74. The second-order valence-electron chi connectivity index (χ2n) is 6.92. The van der Waals surface area contributed by atoms with Crippen LogP contribution in [0.2, 0.25) is 0 Å². The van der Waals surface area contributed by atoms with Gasteiger partial charge >= 0.3 is 0 Å². The minimum absolute atomic E-state index is 0.326. The summed E-state index contributed by atoms with van der Waals surface area (Å²) in [5, 5.41) is 3.66. The Balaban J connectivity index is 2.15. The lowest BCUT2D eigenvalue weighted by Gasteiger charge is -2.52. The first-order chi connectivity index (χ1) is 9.10. The first-order valence-electron chi connectivity index (χ1n) is 8.02. The van der Waals surface area contributed by atoms with Crippen LogP contribution in [0.4, 0.5) is 0 Å². The van der Waals surface area contributed by atoms with Gasteiger partial charge in [-0.3, -0.25) is 0 Å². The molecule has 1 heterocycles. The van der Waals surface area contributed by atoms with Gasteiger partial charge in [-0.2, -0.15) is 0 Å². The minimum atomic E-state index is 0.326. The zero-order chi connectivity index (χ0) is 13.9. The maximum Gasteiger partial charge on any atom is 0.0509 e. The molecular formula is C16H32N2O. The second-order valence-corrected chi connectivity index (χ2v) is 6.92. The number of likely N-dealkylation sites (N-methyl/N-ethyl adjacent to an activating group) is 2. The third-order valence-electron chi connectivity index (χ3n) is 5.59. The van der Waals surface area contributed by atoms with Crippen LogP contribution in [0.1, 0.15) is 45.4 Å². The van der Waals surface area contributed by atoms with E-state index in [0.717, 1.165) is 19.1 Å². The van der Waals surface area contributed by atoms with Crippen molar-refractivity contribution in [3.8, 4) is 0 Å². The molecule has 0 spiro atoms. The van der Waals surface area contributed by atoms with Crippen LogP contribution >= 0.6 is 0 Å². The molecule has 0 aromatic carbocycles. The maximum absolute atomic E-state index is 5.74. The summed E-state index contributed by atoms with van der Waals surface area (Å²) < 4.78 is 5.74. The van der Waals surface area contributed by atoms with Gasteiger partial charge in [-0.1, -0.05) is 6.92 Å². The van der Waals surface area contributed by atoms with Gasteiger partial charge in [0.2, 0.25) is 0 Å². The van der Waals surface area contributed by atoms with Crippen molar-refractivity contribution in [1.82, 2.24) is 10.2 Å². The summed E-state index contributed by atoms with van der Waals surface area (Å²) in [6.45, 7) is 4.30. The van der Waals surface area contributed by atoms with Crippen molar-refractivity contribution >= 4 is 0 Å². The monoisotopic (exact) mass is 268 g/mol. The van der Waals surface area contributed by atoms with E-state index in [0.29, 0.717) is 17.5 Å². The highest BCUT2D eigenvalue weighted by Gasteiger charge is 2.45. The summed E-state index contributed by atoms with van der Waals surface area (Å²) in [7, 11) is 6.68. The molecule has 3 heteroatoms. The third kappa shape index (κ3) is 3.14. The lowest BCUT2D eigenvalue weighted by atomic mass is 9.68. The van der Waals surface area contributed by atoms with Crippen molar-refractivity contribution in [1.29, 1.82) is 0 Å². The Labute approximate surface area is 119 Å². The average Bonchev–Trinajstić information content (AvgIpc) is 2.43. The summed E-state index contributed by atoms with van der Waals surface area (Å²) in [5.74, 6) is 1.57. The molecule has 2 atom stereocenters. The first-order valence-corrected chi connectivity index (χ1v) is 8.02. The molecule has 2 unspecified atom stereocenters. The molecule has 2 aliphatic rings. The Bertz CT molecular complexity index is 266. The van der Waals surface area contributed by atoms with Crippen molar-refractivity contribution in [2.45, 2.75) is 57.0 Å². The normalized spacial score (nSPS) is 38.4. The molecule has 19 heavy (non-hydrogen) atoms. The summed E-state index contributed by atoms with van der Waals surface area (Å²) in [6.07, 6.45) is 7.92. The number of ether oxygens (including phenoxy) is 1. The van der Waals surface area contributed by atoms with Crippen LogP contribution in [0.5, 0.6) is 0 Å². The van der Waals surface area contributed by atoms with E-state index < -0.39 is 0 Å². The van der Waals surface area contributed by atoms with Crippen molar-refractivity contribution in [2.75, 3.05) is 34.4 Å². The fraction of sp³-hybridized carbons (Fsp3) is 1.00. The van der Waals surface area contributed by atoms with Gasteiger partial charge in [0, 0.05) is 18.2 Å². The van der Waals surface area contributed by atoms with E-state index >= 15 is 0 Å². The Morgan fingerprint density at radius 2 is 1.89 bits per heavy atom. The highest BCUT2D eigenvalue weighted by Crippen LogP contribution is 2.41. The van der Waals surface area contributed by atoms with Crippen LogP contribution < -0.4 is 5.32 Å². The molecule has 2 fully saturated rings. The zero-order valence-electron chi connectivity index (χ0n) is 13.2. The second kappa shape index (κ2) is 6.55. The molecule has 1 aliphatic carbocycles. The minimum Gasteiger partial charge on any atom is -0.381 e. The molecule has 0 amide bonds. The van der Waals surface area contributed by atoms with E-state index in [2.05, 4.69) is 38.3 Å². The predicted molar refractivity (Wildman–Crippen MR) is 80.4 cm³/mol. The van der Waals surface area contributed by atoms with Gasteiger partial charge in [-0.15, -0.1) is 0 Å². The van der Waals surface area contributed by atoms with E-state index in [1.807, 2.05) is 0 Å². The van der Waals surface area contributed by atoms with Crippen molar-refractivity contribution in [3.05, 3.63) is 0 Å². The van der Waals surface area contributed by atoms with Crippen LogP contribution in [-0.4, -0.2) is 50.8 Å². The van der Waals surface area contributed by atoms with Gasteiger partial charge < -0.3 is 15.0 Å². The fourth-order valence-corrected chi connectivity index (χ4v) is 4.27. The molecular weight excluding hydrogens is 236 g/mol. The molecule has 0 radical (unpaired) electrons. The molecule has 0 bridgehead atoms. The molecule has 0 aromatic heterocycles. The topological polar surface area (TPSA) is 24.5 Å². The van der Waals surface area contributed by atoms with Gasteiger partial charge in [-0.05, 0) is 71.5 Å². The van der Waals surface area contributed by atoms with Gasteiger partial charge in [0.05, 0.1) is 6.61 Å². The summed E-state index contributed by atoms with van der Waals surface area (Å²) in [4.78, 5) is 2.49. The van der Waals surface area contributed by atoms with Gasteiger partial charge in [0.15, 0.2) is 0 Å². The Hall–Kier alpha value is -0.120. The number of hydrogen-bond donors (Lipinski definition) is 1. The molecule has 1 saturated carbocycles. The van der Waals surface area contributed by atoms with Crippen LogP contribution in [0.15, 0.2) is 0 Å². The average molecular weight is 268 g/mol. The zero-order valence-corrected chi connectivity index (χ0v) is 13.2. The van der Waals surface area contributed by atoms with E-state index in [1.54, 1.807) is 0 Å². The van der Waals surface area contributed by atoms with Crippen molar-refractivity contribution in [3.63, 3.8) is 0 Å². The molecule has 1 aliphatic heterocycles. The quantitative estimate of drug-likeness (QED) is 0.848. The van der Waals surface area contributed by atoms with Crippen LogP contribution in [0.25, 0.3) is 0 Å². The summed E-state index contributed by atoms with van der Waals surface area (Å²) in [6, 6.07) is 0.565. The Morgan fingerprint density at radius 3 is 2.37 bits per heavy atom. The predicted octanol–water partition coefficient (Wildman–Crippen LogP) is 2.51. The van der Waals surface area contributed by atoms with Crippen LogP contribution in [0, 0.1) is 11.8 Å². The number of nitrogens with zero attached hydrogens (tertiary/aromatic N) is 1. The molecule has 112 valence electrons. The molecule has 1 saturated heterocycles. The third-order valence-corrected chi connectivity index (χ3v) is 5.59. The van der Waals surface area contributed by atoms with E-state index in [-0.39, 0.29) is 0 Å². The highest BCUT2D eigenvalue weighted by atomic mass is 16.5. The Kier molecular flexibility index (Phi) is 5.27. The molecule has 2 rings (SSSR count). The van der Waals surface area contributed by atoms with Gasteiger partial charge in [0.25, 0.3) is 0 Å². The molecule has 1 N–H and O–H groups in total. The number of rotatable bonds is 4. The molecule has 3 nitrogen and oxygen atoms in total. The lowest BCUT2D eigenvalue weighted by Crippen LogP contribution is -2.63. The van der Waals surface area contributed by atoms with Crippen molar-refractivity contribution in [2.24, 2.45) is 11.8 Å². The van der Waals surface area contributed by atoms with Gasteiger partial charge in [-0.25, -0.2) is 0 Å². The van der Waals surface area contributed by atoms with E-state index in [9.17, 15) is 0 Å².